The minimum atomic E-state index is 0.129. The Kier molecular flexibility index (Phi) is 3.41. The molecule has 24 heavy (non-hydrogen) atoms. The van der Waals surface area contributed by atoms with Crippen LogP contribution in [0.1, 0.15) is 56.2 Å². The number of halogens is 1. The number of aromatic nitrogens is 2. The van der Waals surface area contributed by atoms with E-state index in [0.29, 0.717) is 17.2 Å². The van der Waals surface area contributed by atoms with Gasteiger partial charge in [0.25, 0.3) is 5.91 Å². The zero-order valence-corrected chi connectivity index (χ0v) is 16.4. The molecule has 3 heterocycles. The fraction of sp³-hybridized carbons (Fsp3) is 0.579. The molecule has 0 aromatic carbocycles. The van der Waals surface area contributed by atoms with E-state index >= 15 is 0 Å². The molecule has 0 radical (unpaired) electrons. The standard InChI is InChI=1S/C19H24BrN3O/c1-12-16(22-9-13(20)5-6-15(22)21-12)17(24)23-11-19(4)8-14(23)7-18(2,3)10-19/h5-6,9,14H,7-8,10-11H2,1-4H3. The van der Waals surface area contributed by atoms with E-state index in [2.05, 4.69) is 46.6 Å². The number of likely N-dealkylation sites (tertiary alicyclic amines) is 1. The summed E-state index contributed by atoms with van der Waals surface area (Å²) in [4.78, 5) is 20.1. The predicted octanol–water partition coefficient (Wildman–Crippen LogP) is 4.45. The molecular formula is C19H24BrN3O. The highest BCUT2D eigenvalue weighted by molar-refractivity contribution is 9.10. The third-order valence-corrected chi connectivity index (χ3v) is 6.10. The minimum Gasteiger partial charge on any atom is -0.334 e. The second kappa shape index (κ2) is 5.07. The monoisotopic (exact) mass is 389 g/mol. The summed E-state index contributed by atoms with van der Waals surface area (Å²) in [5.74, 6) is 0.129. The van der Waals surface area contributed by atoms with Crippen LogP contribution < -0.4 is 0 Å². The molecule has 4 nitrogen and oxygen atoms in total. The molecular weight excluding hydrogens is 366 g/mol. The molecule has 1 aliphatic heterocycles. The highest BCUT2D eigenvalue weighted by Crippen LogP contribution is 2.52. The number of rotatable bonds is 1. The first-order chi connectivity index (χ1) is 11.2. The van der Waals surface area contributed by atoms with E-state index in [4.69, 9.17) is 0 Å². The van der Waals surface area contributed by atoms with Gasteiger partial charge in [-0.2, -0.15) is 0 Å². The molecule has 1 saturated carbocycles. The van der Waals surface area contributed by atoms with Gasteiger partial charge in [-0.3, -0.25) is 9.20 Å². The third-order valence-electron chi connectivity index (χ3n) is 5.63. The molecule has 2 fully saturated rings. The normalized spacial score (nSPS) is 28.5. The number of aryl methyl sites for hydroxylation is 1. The maximum Gasteiger partial charge on any atom is 0.273 e. The zero-order chi connectivity index (χ0) is 17.3. The maximum absolute atomic E-state index is 13.4. The van der Waals surface area contributed by atoms with Crippen LogP contribution in [0.2, 0.25) is 0 Å². The molecule has 2 unspecified atom stereocenters. The Bertz CT molecular complexity index is 840. The molecule has 2 bridgehead atoms. The summed E-state index contributed by atoms with van der Waals surface area (Å²) in [7, 11) is 0. The van der Waals surface area contributed by atoms with Crippen LogP contribution in [0.15, 0.2) is 22.8 Å². The van der Waals surface area contributed by atoms with Gasteiger partial charge in [0.05, 0.1) is 5.69 Å². The van der Waals surface area contributed by atoms with Gasteiger partial charge in [-0.25, -0.2) is 4.98 Å². The number of amides is 1. The maximum atomic E-state index is 13.4. The topological polar surface area (TPSA) is 37.6 Å². The number of nitrogens with zero attached hydrogens (tertiary/aromatic N) is 3. The SMILES string of the molecule is Cc1nc2ccc(Br)cn2c1C(=O)N1CC2(C)CC1CC(C)(C)C2. The number of carbonyl (C=O) groups excluding carboxylic acids is 1. The molecule has 2 aromatic heterocycles. The molecule has 1 aliphatic carbocycles. The molecule has 5 heteroatoms. The highest BCUT2D eigenvalue weighted by atomic mass is 79.9. The van der Waals surface area contributed by atoms with Gasteiger partial charge >= 0.3 is 0 Å². The Balaban J connectivity index is 1.75. The Morgan fingerprint density at radius 2 is 2.04 bits per heavy atom. The molecule has 0 N–H and O–H groups in total. The Morgan fingerprint density at radius 1 is 1.29 bits per heavy atom. The van der Waals surface area contributed by atoms with Crippen molar-refractivity contribution < 1.29 is 4.79 Å². The Morgan fingerprint density at radius 3 is 2.79 bits per heavy atom. The predicted molar refractivity (Wildman–Crippen MR) is 98.2 cm³/mol. The molecule has 2 aliphatic rings. The number of pyridine rings is 1. The van der Waals surface area contributed by atoms with Crippen molar-refractivity contribution in [3.8, 4) is 0 Å². The van der Waals surface area contributed by atoms with Crippen molar-refractivity contribution in [1.29, 1.82) is 0 Å². The molecule has 0 spiro atoms. The molecule has 2 atom stereocenters. The summed E-state index contributed by atoms with van der Waals surface area (Å²) in [6.45, 7) is 9.80. The van der Waals surface area contributed by atoms with Crippen molar-refractivity contribution in [3.63, 3.8) is 0 Å². The van der Waals surface area contributed by atoms with Crippen LogP contribution in [-0.4, -0.2) is 32.8 Å². The van der Waals surface area contributed by atoms with Crippen LogP contribution in [0.4, 0.5) is 0 Å². The second-order valence-corrected chi connectivity index (χ2v) is 9.68. The van der Waals surface area contributed by atoms with E-state index in [1.54, 1.807) is 0 Å². The lowest BCUT2D eigenvalue weighted by Crippen LogP contribution is -2.38. The van der Waals surface area contributed by atoms with Crippen molar-refractivity contribution >= 4 is 27.5 Å². The summed E-state index contributed by atoms with van der Waals surface area (Å²) >= 11 is 3.50. The van der Waals surface area contributed by atoms with Gasteiger partial charge in [-0.1, -0.05) is 20.8 Å². The summed E-state index contributed by atoms with van der Waals surface area (Å²) in [6.07, 6.45) is 5.35. The second-order valence-electron chi connectivity index (χ2n) is 8.77. The van der Waals surface area contributed by atoms with Gasteiger partial charge in [0.1, 0.15) is 11.3 Å². The van der Waals surface area contributed by atoms with Gasteiger partial charge in [-0.05, 0) is 65.1 Å². The number of fused-ring (bicyclic) bond motifs is 3. The largest absolute Gasteiger partial charge is 0.334 e. The smallest absolute Gasteiger partial charge is 0.273 e. The fourth-order valence-corrected chi connectivity index (χ4v) is 5.56. The van der Waals surface area contributed by atoms with Crippen LogP contribution in [0, 0.1) is 17.8 Å². The number of carbonyl (C=O) groups is 1. The lowest BCUT2D eigenvalue weighted by molar-refractivity contribution is 0.0700. The van der Waals surface area contributed by atoms with Gasteiger partial charge in [0.15, 0.2) is 0 Å². The van der Waals surface area contributed by atoms with Crippen LogP contribution >= 0.6 is 15.9 Å². The molecule has 1 saturated heterocycles. The van der Waals surface area contributed by atoms with Gasteiger partial charge < -0.3 is 4.90 Å². The number of imidazole rings is 1. The van der Waals surface area contributed by atoms with Gasteiger partial charge in [0, 0.05) is 23.3 Å². The summed E-state index contributed by atoms with van der Waals surface area (Å²) in [6, 6.07) is 4.26. The van der Waals surface area contributed by atoms with Crippen molar-refractivity contribution in [2.24, 2.45) is 10.8 Å². The third kappa shape index (κ3) is 2.48. The van der Waals surface area contributed by atoms with E-state index in [1.807, 2.05) is 29.7 Å². The van der Waals surface area contributed by atoms with Gasteiger partial charge in [0.2, 0.25) is 0 Å². The molecule has 4 rings (SSSR count). The van der Waals surface area contributed by atoms with Crippen LogP contribution in [0.25, 0.3) is 5.65 Å². The molecule has 2 aromatic rings. The fourth-order valence-electron chi connectivity index (χ4n) is 5.23. The van der Waals surface area contributed by atoms with E-state index in [9.17, 15) is 4.79 Å². The summed E-state index contributed by atoms with van der Waals surface area (Å²) < 4.78 is 2.88. The molecule has 128 valence electrons. The lowest BCUT2D eigenvalue weighted by Gasteiger charge is -2.39. The van der Waals surface area contributed by atoms with Crippen molar-refractivity contribution in [2.45, 2.75) is 53.0 Å². The Hall–Kier alpha value is -1.36. The van der Waals surface area contributed by atoms with Crippen molar-refractivity contribution in [2.75, 3.05) is 6.54 Å². The summed E-state index contributed by atoms with van der Waals surface area (Å²) in [5.41, 5.74) is 2.90. The van der Waals surface area contributed by atoms with Crippen LogP contribution in [0.3, 0.4) is 0 Å². The number of hydrogen-bond donors (Lipinski definition) is 0. The first-order valence-corrected chi connectivity index (χ1v) is 9.42. The van der Waals surface area contributed by atoms with Crippen LogP contribution in [-0.2, 0) is 0 Å². The van der Waals surface area contributed by atoms with E-state index in [-0.39, 0.29) is 11.3 Å². The first kappa shape index (κ1) is 16.1. The Labute approximate surface area is 151 Å². The minimum absolute atomic E-state index is 0.129. The average Bonchev–Trinajstić information content (AvgIpc) is 2.89. The van der Waals surface area contributed by atoms with E-state index in [1.165, 1.54) is 6.42 Å². The first-order valence-electron chi connectivity index (χ1n) is 8.63. The van der Waals surface area contributed by atoms with Crippen molar-refractivity contribution in [1.82, 2.24) is 14.3 Å². The highest BCUT2D eigenvalue weighted by Gasteiger charge is 2.51. The average molecular weight is 390 g/mol. The summed E-state index contributed by atoms with van der Waals surface area (Å²) in [5, 5.41) is 0. The quantitative estimate of drug-likeness (QED) is 0.722. The van der Waals surface area contributed by atoms with E-state index < -0.39 is 0 Å². The van der Waals surface area contributed by atoms with E-state index in [0.717, 1.165) is 35.2 Å². The van der Waals surface area contributed by atoms with Crippen LogP contribution in [0.5, 0.6) is 0 Å². The zero-order valence-electron chi connectivity index (χ0n) is 14.8. The van der Waals surface area contributed by atoms with Crippen molar-refractivity contribution in [3.05, 3.63) is 34.2 Å². The molecule has 1 amide bonds. The lowest BCUT2D eigenvalue weighted by atomic mass is 9.65. The number of hydrogen-bond acceptors (Lipinski definition) is 2. The van der Waals surface area contributed by atoms with Gasteiger partial charge in [-0.15, -0.1) is 0 Å².